The van der Waals surface area contributed by atoms with Gasteiger partial charge in [0.1, 0.15) is 0 Å². The van der Waals surface area contributed by atoms with Crippen LogP contribution in [0.4, 0.5) is 10.5 Å². The van der Waals surface area contributed by atoms with Crippen LogP contribution >= 0.6 is 0 Å². The average Bonchev–Trinajstić information content (AvgIpc) is 2.75. The Morgan fingerprint density at radius 1 is 1.09 bits per heavy atom. The lowest BCUT2D eigenvalue weighted by Crippen LogP contribution is -2.40. The monoisotopic (exact) mass is 437 g/mol. The number of nitrogens with zero attached hydrogens (tertiary/aromatic N) is 1. The normalized spacial score (nSPS) is 17.3. The van der Waals surface area contributed by atoms with E-state index >= 15 is 0 Å². The minimum absolute atomic E-state index is 0.0512. The van der Waals surface area contributed by atoms with Gasteiger partial charge in [0.2, 0.25) is 11.8 Å². The van der Waals surface area contributed by atoms with Crippen LogP contribution in [0, 0.1) is 12.8 Å². The zero-order valence-corrected chi connectivity index (χ0v) is 18.3. The Bertz CT molecular complexity index is 978. The van der Waals surface area contributed by atoms with E-state index in [1.54, 1.807) is 0 Å². The molecule has 2 aromatic rings. The molecule has 0 aliphatic carbocycles. The van der Waals surface area contributed by atoms with E-state index in [-0.39, 0.29) is 24.2 Å². The van der Waals surface area contributed by atoms with Gasteiger partial charge >= 0.3 is 6.03 Å². The van der Waals surface area contributed by atoms with Crippen molar-refractivity contribution in [2.45, 2.75) is 38.8 Å². The molecule has 0 radical (unpaired) electrons. The van der Waals surface area contributed by atoms with Crippen LogP contribution in [-0.2, 0) is 16.1 Å². The molecule has 2 atom stereocenters. The van der Waals surface area contributed by atoms with Crippen molar-refractivity contribution in [3.05, 3.63) is 65.2 Å². The summed E-state index contributed by atoms with van der Waals surface area (Å²) in [5.41, 5.74) is 14.3. The zero-order valence-electron chi connectivity index (χ0n) is 18.3. The van der Waals surface area contributed by atoms with E-state index in [0.29, 0.717) is 18.8 Å². The number of rotatable bonds is 8. The number of benzene rings is 2. The molecule has 32 heavy (non-hydrogen) atoms. The topological polar surface area (TPSA) is 131 Å². The van der Waals surface area contributed by atoms with Crippen molar-refractivity contribution in [2.75, 3.05) is 18.4 Å². The van der Waals surface area contributed by atoms with Crippen molar-refractivity contribution >= 4 is 23.5 Å². The van der Waals surface area contributed by atoms with Crippen LogP contribution in [0.15, 0.2) is 48.5 Å². The Morgan fingerprint density at radius 3 is 2.53 bits per heavy atom. The van der Waals surface area contributed by atoms with Crippen molar-refractivity contribution in [1.82, 2.24) is 10.2 Å². The third kappa shape index (κ3) is 6.31. The van der Waals surface area contributed by atoms with Gasteiger partial charge in [-0.25, -0.2) is 4.79 Å². The number of aryl methyl sites for hydroxylation is 1. The molecule has 1 heterocycles. The maximum Gasteiger partial charge on any atom is 0.312 e. The number of anilines is 1. The van der Waals surface area contributed by atoms with Crippen LogP contribution in [0.3, 0.4) is 0 Å². The Morgan fingerprint density at radius 2 is 1.81 bits per heavy atom. The molecule has 170 valence electrons. The second-order valence-corrected chi connectivity index (χ2v) is 8.30. The number of amides is 4. The third-order valence-corrected chi connectivity index (χ3v) is 5.86. The maximum absolute atomic E-state index is 12.9. The lowest BCUT2D eigenvalue weighted by molar-refractivity contribution is -0.123. The lowest BCUT2D eigenvalue weighted by atomic mass is 9.97. The Kier molecular flexibility index (Phi) is 7.83. The number of primary amides is 2. The van der Waals surface area contributed by atoms with Crippen molar-refractivity contribution in [3.63, 3.8) is 0 Å². The predicted octanol–water partition coefficient (Wildman–Crippen LogP) is 2.43. The molecule has 1 fully saturated rings. The van der Waals surface area contributed by atoms with Gasteiger partial charge in [-0.2, -0.15) is 0 Å². The zero-order chi connectivity index (χ0) is 23.1. The molecule has 0 bridgehead atoms. The fourth-order valence-corrected chi connectivity index (χ4v) is 4.23. The second-order valence-electron chi connectivity index (χ2n) is 8.30. The van der Waals surface area contributed by atoms with Crippen molar-refractivity contribution in [3.8, 4) is 0 Å². The highest BCUT2D eigenvalue weighted by Gasteiger charge is 2.25. The highest BCUT2D eigenvalue weighted by molar-refractivity contribution is 5.92. The van der Waals surface area contributed by atoms with Gasteiger partial charge in [0.25, 0.3) is 0 Å². The number of carbonyl (C=O) groups excluding carboxylic acids is 3. The molecule has 8 nitrogen and oxygen atoms in total. The number of nitrogens with one attached hydrogen (secondary N) is 2. The van der Waals surface area contributed by atoms with Gasteiger partial charge in [-0.3, -0.25) is 14.5 Å². The summed E-state index contributed by atoms with van der Waals surface area (Å²) >= 11 is 0. The van der Waals surface area contributed by atoms with Gasteiger partial charge in [-0.1, -0.05) is 42.5 Å². The van der Waals surface area contributed by atoms with Crippen LogP contribution < -0.4 is 22.1 Å². The summed E-state index contributed by atoms with van der Waals surface area (Å²) in [5.74, 6) is -0.631. The molecule has 8 heteroatoms. The first kappa shape index (κ1) is 23.3. The quantitative estimate of drug-likeness (QED) is 0.505. The smallest absolute Gasteiger partial charge is 0.312 e. The highest BCUT2D eigenvalue weighted by Crippen LogP contribution is 2.24. The Balaban J connectivity index is 1.70. The summed E-state index contributed by atoms with van der Waals surface area (Å²) in [7, 11) is 0. The number of urea groups is 1. The first-order valence-corrected chi connectivity index (χ1v) is 10.8. The van der Waals surface area contributed by atoms with E-state index in [9.17, 15) is 14.4 Å². The van der Waals surface area contributed by atoms with Gasteiger partial charge in [0.15, 0.2) is 0 Å². The minimum atomic E-state index is -0.680. The first-order valence-electron chi connectivity index (χ1n) is 10.8. The molecule has 6 N–H and O–H groups in total. The SMILES string of the molecule is Cc1ccccc1C(CC(=O)Nc1ccccc1CN1CCCC(C(N)=O)C1)NC(N)=O. The second kappa shape index (κ2) is 10.8. The lowest BCUT2D eigenvalue weighted by Gasteiger charge is -2.31. The molecular formula is C24H31N5O3. The summed E-state index contributed by atoms with van der Waals surface area (Å²) in [6.07, 6.45) is 1.78. The molecule has 2 aromatic carbocycles. The van der Waals surface area contributed by atoms with Crippen LogP contribution in [0.1, 0.15) is 42.0 Å². The predicted molar refractivity (Wildman–Crippen MR) is 124 cm³/mol. The summed E-state index contributed by atoms with van der Waals surface area (Å²) in [5, 5.41) is 5.65. The molecule has 0 spiro atoms. The number of likely N-dealkylation sites (tertiary alicyclic amines) is 1. The molecular weight excluding hydrogens is 406 g/mol. The molecule has 1 aliphatic heterocycles. The van der Waals surface area contributed by atoms with E-state index in [2.05, 4.69) is 15.5 Å². The average molecular weight is 438 g/mol. The van der Waals surface area contributed by atoms with E-state index in [1.165, 1.54) is 0 Å². The van der Waals surface area contributed by atoms with E-state index in [0.717, 1.165) is 36.1 Å². The van der Waals surface area contributed by atoms with Crippen LogP contribution in [0.5, 0.6) is 0 Å². The van der Waals surface area contributed by atoms with Crippen LogP contribution in [0.25, 0.3) is 0 Å². The molecule has 1 saturated heterocycles. The van der Waals surface area contributed by atoms with Gasteiger partial charge in [-0.05, 0) is 49.1 Å². The number of hydrogen-bond acceptors (Lipinski definition) is 4. The van der Waals surface area contributed by atoms with Crippen molar-refractivity contribution in [2.24, 2.45) is 17.4 Å². The van der Waals surface area contributed by atoms with E-state index in [4.69, 9.17) is 11.5 Å². The Hall–Kier alpha value is -3.39. The van der Waals surface area contributed by atoms with E-state index in [1.807, 2.05) is 55.5 Å². The minimum Gasteiger partial charge on any atom is -0.369 e. The largest absolute Gasteiger partial charge is 0.369 e. The van der Waals surface area contributed by atoms with Gasteiger partial charge in [-0.15, -0.1) is 0 Å². The highest BCUT2D eigenvalue weighted by atomic mass is 16.2. The molecule has 0 aromatic heterocycles. The number of piperidine rings is 1. The summed E-state index contributed by atoms with van der Waals surface area (Å²) in [4.78, 5) is 38.2. The van der Waals surface area contributed by atoms with Gasteiger partial charge in [0, 0.05) is 18.8 Å². The van der Waals surface area contributed by atoms with Crippen molar-refractivity contribution < 1.29 is 14.4 Å². The number of para-hydroxylation sites is 1. The number of nitrogens with two attached hydrogens (primary N) is 2. The van der Waals surface area contributed by atoms with Crippen LogP contribution in [0.2, 0.25) is 0 Å². The van der Waals surface area contributed by atoms with Gasteiger partial charge < -0.3 is 22.1 Å². The summed E-state index contributed by atoms with van der Waals surface area (Å²) in [6, 6.07) is 14.0. The maximum atomic E-state index is 12.9. The van der Waals surface area contributed by atoms with Crippen molar-refractivity contribution in [1.29, 1.82) is 0 Å². The third-order valence-electron chi connectivity index (χ3n) is 5.86. The number of hydrogen-bond donors (Lipinski definition) is 4. The molecule has 4 amide bonds. The van der Waals surface area contributed by atoms with Crippen LogP contribution in [-0.4, -0.2) is 35.8 Å². The first-order chi connectivity index (χ1) is 15.3. The molecule has 0 saturated carbocycles. The standard InChI is InChI=1S/C24H31N5O3/c1-16-7-2-4-10-19(16)21(28-24(26)32)13-22(30)27-20-11-5-3-8-17(20)14-29-12-6-9-18(15-29)23(25)31/h2-5,7-8,10-11,18,21H,6,9,12-15H2,1H3,(H2,25,31)(H,27,30)(H3,26,28,32). The van der Waals surface area contributed by atoms with E-state index < -0.39 is 12.1 Å². The van der Waals surface area contributed by atoms with Gasteiger partial charge in [0.05, 0.1) is 18.4 Å². The number of carbonyl (C=O) groups is 3. The molecule has 3 rings (SSSR count). The molecule has 1 aliphatic rings. The molecule has 2 unspecified atom stereocenters. The fraction of sp³-hybridized carbons (Fsp3) is 0.375. The summed E-state index contributed by atoms with van der Waals surface area (Å²) < 4.78 is 0. The summed E-state index contributed by atoms with van der Waals surface area (Å²) in [6.45, 7) is 4.04. The Labute approximate surface area is 188 Å². The fourth-order valence-electron chi connectivity index (χ4n) is 4.23.